The molecule has 0 unspecified atom stereocenters. The largest absolute Gasteiger partial charge is 0.484 e. The molecule has 0 aliphatic rings. The van der Waals surface area contributed by atoms with Gasteiger partial charge < -0.3 is 15.8 Å². The highest BCUT2D eigenvalue weighted by Gasteiger charge is 2.04. The number of benzene rings is 1. The number of rotatable bonds is 4. The summed E-state index contributed by atoms with van der Waals surface area (Å²) in [6, 6.07) is 9.36. The monoisotopic (exact) mass is 260 g/mol. The first-order valence-electron chi connectivity index (χ1n) is 5.47. The molecule has 7 heteroatoms. The Morgan fingerprint density at radius 2 is 2.00 bits per heavy atom. The SMILES string of the molecule is Nc1ccc(OCC(=O)Nc2ccc(=O)[nH]n2)cc1. The lowest BCUT2D eigenvalue weighted by atomic mass is 10.3. The molecule has 0 radical (unpaired) electrons. The molecule has 19 heavy (non-hydrogen) atoms. The summed E-state index contributed by atoms with van der Waals surface area (Å²) >= 11 is 0. The lowest BCUT2D eigenvalue weighted by Gasteiger charge is -2.06. The summed E-state index contributed by atoms with van der Waals surface area (Å²) in [6.07, 6.45) is 0. The smallest absolute Gasteiger partial charge is 0.264 e. The average Bonchev–Trinajstić information content (AvgIpc) is 2.41. The van der Waals surface area contributed by atoms with Gasteiger partial charge in [0.25, 0.3) is 11.5 Å². The van der Waals surface area contributed by atoms with Crippen LogP contribution in [0.25, 0.3) is 0 Å². The van der Waals surface area contributed by atoms with Crippen LogP contribution < -0.4 is 21.3 Å². The fourth-order valence-electron chi connectivity index (χ4n) is 1.31. The Balaban J connectivity index is 1.86. The molecule has 2 aromatic rings. The number of nitrogens with two attached hydrogens (primary N) is 1. The second-order valence-electron chi connectivity index (χ2n) is 3.71. The summed E-state index contributed by atoms with van der Waals surface area (Å²) < 4.78 is 5.25. The predicted molar refractivity (Wildman–Crippen MR) is 69.8 cm³/mol. The van der Waals surface area contributed by atoms with Gasteiger partial charge in [-0.25, -0.2) is 5.10 Å². The number of hydrogen-bond donors (Lipinski definition) is 3. The molecule has 0 atom stereocenters. The number of hydrogen-bond acceptors (Lipinski definition) is 5. The molecule has 98 valence electrons. The summed E-state index contributed by atoms with van der Waals surface area (Å²) in [4.78, 5) is 22.3. The topological polar surface area (TPSA) is 110 Å². The van der Waals surface area contributed by atoms with E-state index in [9.17, 15) is 9.59 Å². The number of ether oxygens (including phenoxy) is 1. The van der Waals surface area contributed by atoms with Gasteiger partial charge in [-0.15, -0.1) is 0 Å². The first kappa shape index (κ1) is 12.6. The van der Waals surface area contributed by atoms with Gasteiger partial charge in [0.05, 0.1) is 0 Å². The van der Waals surface area contributed by atoms with Gasteiger partial charge in [0.1, 0.15) is 5.75 Å². The van der Waals surface area contributed by atoms with Crippen LogP contribution in [0.4, 0.5) is 11.5 Å². The number of aromatic amines is 1. The summed E-state index contributed by atoms with van der Waals surface area (Å²) in [5, 5.41) is 8.33. The van der Waals surface area contributed by atoms with Crippen LogP contribution in [0.5, 0.6) is 5.75 Å². The minimum Gasteiger partial charge on any atom is -0.484 e. The van der Waals surface area contributed by atoms with Gasteiger partial charge in [-0.05, 0) is 30.3 Å². The van der Waals surface area contributed by atoms with Crippen LogP contribution in [0, 0.1) is 0 Å². The maximum absolute atomic E-state index is 11.5. The van der Waals surface area contributed by atoms with Crippen molar-refractivity contribution in [3.63, 3.8) is 0 Å². The maximum atomic E-state index is 11.5. The molecular formula is C12H12N4O3. The Hall–Kier alpha value is -2.83. The number of carbonyl (C=O) groups is 1. The molecule has 1 heterocycles. The summed E-state index contributed by atoms with van der Waals surface area (Å²) in [5.41, 5.74) is 5.81. The third kappa shape index (κ3) is 3.84. The number of carbonyl (C=O) groups excluding carboxylic acids is 1. The molecule has 0 bridgehead atoms. The number of nitrogens with one attached hydrogen (secondary N) is 2. The predicted octanol–water partition coefficient (Wildman–Crippen LogP) is 0.370. The normalized spacial score (nSPS) is 9.89. The Bertz CT molecular complexity index is 601. The standard InChI is InChI=1S/C12H12N4O3/c13-8-1-3-9(4-2-8)19-7-12(18)14-10-5-6-11(17)16-15-10/h1-6H,7,13H2,(H,16,17)(H,14,15,18). The molecule has 1 aromatic heterocycles. The van der Waals surface area contributed by atoms with E-state index < -0.39 is 0 Å². The van der Waals surface area contributed by atoms with Gasteiger partial charge in [0.15, 0.2) is 12.4 Å². The van der Waals surface area contributed by atoms with Crippen LogP contribution in [0.1, 0.15) is 0 Å². The van der Waals surface area contributed by atoms with E-state index in [1.165, 1.54) is 12.1 Å². The van der Waals surface area contributed by atoms with Crippen molar-refractivity contribution in [1.82, 2.24) is 10.2 Å². The zero-order valence-electron chi connectivity index (χ0n) is 9.92. The zero-order valence-corrected chi connectivity index (χ0v) is 9.92. The van der Waals surface area contributed by atoms with Crippen LogP contribution in [0.3, 0.4) is 0 Å². The van der Waals surface area contributed by atoms with Crippen molar-refractivity contribution >= 4 is 17.4 Å². The maximum Gasteiger partial charge on any atom is 0.264 e. The molecular weight excluding hydrogens is 248 g/mol. The van der Waals surface area contributed by atoms with Crippen LogP contribution in [-0.2, 0) is 4.79 Å². The molecule has 0 aliphatic heterocycles. The van der Waals surface area contributed by atoms with E-state index in [4.69, 9.17) is 10.5 Å². The van der Waals surface area contributed by atoms with E-state index >= 15 is 0 Å². The van der Waals surface area contributed by atoms with Crippen molar-refractivity contribution in [2.75, 3.05) is 17.7 Å². The molecule has 1 amide bonds. The third-order valence-corrected chi connectivity index (χ3v) is 2.20. The Kier molecular flexibility index (Phi) is 3.77. The van der Waals surface area contributed by atoms with Gasteiger partial charge in [-0.3, -0.25) is 9.59 Å². The molecule has 4 N–H and O–H groups in total. The molecule has 7 nitrogen and oxygen atoms in total. The average molecular weight is 260 g/mol. The fraction of sp³-hybridized carbons (Fsp3) is 0.0833. The van der Waals surface area contributed by atoms with Gasteiger partial charge in [0.2, 0.25) is 0 Å². The van der Waals surface area contributed by atoms with Crippen LogP contribution in [-0.4, -0.2) is 22.7 Å². The quantitative estimate of drug-likeness (QED) is 0.688. The summed E-state index contributed by atoms with van der Waals surface area (Å²) in [5.74, 6) is 0.417. The lowest BCUT2D eigenvalue weighted by molar-refractivity contribution is -0.118. The van der Waals surface area contributed by atoms with Crippen molar-refractivity contribution in [2.45, 2.75) is 0 Å². The van der Waals surface area contributed by atoms with E-state index in [-0.39, 0.29) is 23.9 Å². The number of nitrogens with zero attached hydrogens (tertiary/aromatic N) is 1. The van der Waals surface area contributed by atoms with E-state index in [1.807, 2.05) is 0 Å². The molecule has 0 aliphatic carbocycles. The number of amides is 1. The summed E-state index contributed by atoms with van der Waals surface area (Å²) in [6.45, 7) is -0.162. The number of aromatic nitrogens is 2. The first-order chi connectivity index (χ1) is 9.13. The van der Waals surface area contributed by atoms with E-state index in [0.717, 1.165) is 0 Å². The Labute approximate surface area is 108 Å². The van der Waals surface area contributed by atoms with Crippen molar-refractivity contribution in [3.8, 4) is 5.75 Å². The lowest BCUT2D eigenvalue weighted by Crippen LogP contribution is -2.21. The third-order valence-electron chi connectivity index (χ3n) is 2.20. The van der Waals surface area contributed by atoms with E-state index in [2.05, 4.69) is 15.5 Å². The van der Waals surface area contributed by atoms with Gasteiger partial charge in [-0.1, -0.05) is 0 Å². The Morgan fingerprint density at radius 1 is 1.26 bits per heavy atom. The molecule has 0 saturated heterocycles. The molecule has 0 saturated carbocycles. The van der Waals surface area contributed by atoms with E-state index in [1.54, 1.807) is 24.3 Å². The number of nitrogen functional groups attached to an aromatic ring is 1. The van der Waals surface area contributed by atoms with Crippen molar-refractivity contribution in [1.29, 1.82) is 0 Å². The fourth-order valence-corrected chi connectivity index (χ4v) is 1.31. The van der Waals surface area contributed by atoms with Gasteiger partial charge in [-0.2, -0.15) is 5.10 Å². The molecule has 0 fully saturated rings. The molecule has 2 rings (SSSR count). The first-order valence-corrected chi connectivity index (χ1v) is 5.47. The second-order valence-corrected chi connectivity index (χ2v) is 3.71. The van der Waals surface area contributed by atoms with Crippen LogP contribution in [0.15, 0.2) is 41.2 Å². The number of anilines is 2. The van der Waals surface area contributed by atoms with Crippen molar-refractivity contribution in [3.05, 3.63) is 46.8 Å². The number of H-pyrrole nitrogens is 1. The van der Waals surface area contributed by atoms with Gasteiger partial charge >= 0.3 is 0 Å². The van der Waals surface area contributed by atoms with Crippen LogP contribution in [0.2, 0.25) is 0 Å². The van der Waals surface area contributed by atoms with Crippen molar-refractivity contribution < 1.29 is 9.53 Å². The minimum atomic E-state index is -0.378. The highest BCUT2D eigenvalue weighted by molar-refractivity contribution is 5.90. The molecule has 1 aromatic carbocycles. The van der Waals surface area contributed by atoms with Gasteiger partial charge in [0, 0.05) is 11.8 Å². The highest BCUT2D eigenvalue weighted by atomic mass is 16.5. The van der Waals surface area contributed by atoms with Crippen LogP contribution >= 0.6 is 0 Å². The zero-order chi connectivity index (χ0) is 13.7. The minimum absolute atomic E-state index is 0.162. The van der Waals surface area contributed by atoms with Crippen molar-refractivity contribution in [2.24, 2.45) is 0 Å². The van der Waals surface area contributed by atoms with E-state index in [0.29, 0.717) is 11.4 Å². The highest BCUT2D eigenvalue weighted by Crippen LogP contribution is 2.12. The molecule has 0 spiro atoms. The summed E-state index contributed by atoms with van der Waals surface area (Å²) in [7, 11) is 0. The second kappa shape index (κ2) is 5.67. The Morgan fingerprint density at radius 3 is 2.63 bits per heavy atom.